The summed E-state index contributed by atoms with van der Waals surface area (Å²) in [5.41, 5.74) is 0. The molecule has 0 unspecified atom stereocenters. The third-order valence-electron chi connectivity index (χ3n) is 3.51. The van der Waals surface area contributed by atoms with Gasteiger partial charge in [-0.15, -0.1) is 0 Å². The van der Waals surface area contributed by atoms with Crippen LogP contribution in [0.25, 0.3) is 0 Å². The van der Waals surface area contributed by atoms with E-state index in [2.05, 4.69) is 30.5 Å². The van der Waals surface area contributed by atoms with Crippen molar-refractivity contribution >= 4 is 5.91 Å². The van der Waals surface area contributed by atoms with Gasteiger partial charge in [0.2, 0.25) is 5.82 Å². The number of nitrogens with one attached hydrogen (secondary N) is 2. The predicted octanol–water partition coefficient (Wildman–Crippen LogP) is 0.854. The maximum atomic E-state index is 12.7. The number of carbonyl (C=O) groups is 1. The van der Waals surface area contributed by atoms with Crippen molar-refractivity contribution in [3.8, 4) is 6.01 Å². The molecule has 1 aliphatic carbocycles. The smallest absolute Gasteiger partial charge is 0.316 e. The average Bonchev–Trinajstić information content (AvgIpc) is 3.06. The Labute approximate surface area is 125 Å². The number of nitrogens with zero attached hydrogens (tertiary/aromatic N) is 4. The molecule has 0 aromatic carbocycles. The number of aromatic amines is 1. The molecule has 0 aliphatic heterocycles. The van der Waals surface area contributed by atoms with Gasteiger partial charge in [0.1, 0.15) is 12.4 Å². The van der Waals surface area contributed by atoms with Gasteiger partial charge in [0.15, 0.2) is 5.82 Å². The van der Waals surface area contributed by atoms with Gasteiger partial charge in [-0.1, -0.05) is 0 Å². The molecule has 116 valence electrons. The third kappa shape index (κ3) is 3.54. The largest absolute Gasteiger partial charge is 0.460 e. The minimum atomic E-state index is -0.494. The van der Waals surface area contributed by atoms with Crippen LogP contribution >= 0.6 is 0 Å². The molecule has 1 amide bonds. The van der Waals surface area contributed by atoms with Crippen molar-refractivity contribution in [3.05, 3.63) is 30.4 Å². The van der Waals surface area contributed by atoms with Crippen molar-refractivity contribution in [2.75, 3.05) is 0 Å². The maximum Gasteiger partial charge on any atom is 0.316 e. The number of amides is 1. The molecule has 0 spiro atoms. The zero-order valence-corrected chi connectivity index (χ0v) is 11.7. The monoisotopic (exact) mass is 306 g/mol. The van der Waals surface area contributed by atoms with E-state index in [9.17, 15) is 9.18 Å². The summed E-state index contributed by atoms with van der Waals surface area (Å²) in [5, 5.41) is 9.08. The highest BCUT2D eigenvalue weighted by atomic mass is 19.1. The molecule has 3 rings (SSSR count). The van der Waals surface area contributed by atoms with Gasteiger partial charge in [-0.3, -0.25) is 9.89 Å². The second kappa shape index (κ2) is 6.46. The van der Waals surface area contributed by atoms with Crippen LogP contribution in [0, 0.1) is 5.82 Å². The fraction of sp³-hybridized carbons (Fsp3) is 0.462. The summed E-state index contributed by atoms with van der Waals surface area (Å²) in [5.74, 6) is -0.548. The Kier molecular flexibility index (Phi) is 4.22. The number of carbonyl (C=O) groups excluding carboxylic acids is 1. The second-order valence-corrected chi connectivity index (χ2v) is 5.08. The molecule has 2 N–H and O–H groups in total. The highest BCUT2D eigenvalue weighted by Gasteiger charge is 2.25. The Balaban J connectivity index is 1.46. The van der Waals surface area contributed by atoms with Gasteiger partial charge >= 0.3 is 6.01 Å². The molecular formula is C13H15FN6O2. The van der Waals surface area contributed by atoms with Crippen LogP contribution in [0.5, 0.6) is 6.01 Å². The first-order valence-corrected chi connectivity index (χ1v) is 7.01. The van der Waals surface area contributed by atoms with Crippen molar-refractivity contribution in [2.24, 2.45) is 0 Å². The van der Waals surface area contributed by atoms with Gasteiger partial charge in [0, 0.05) is 6.04 Å². The number of hydrogen-bond acceptors (Lipinski definition) is 6. The lowest BCUT2D eigenvalue weighted by Crippen LogP contribution is -2.40. The average molecular weight is 306 g/mol. The lowest BCUT2D eigenvalue weighted by Gasteiger charge is -2.28. The quantitative estimate of drug-likeness (QED) is 0.867. The number of H-pyrrole nitrogens is 1. The molecule has 1 fully saturated rings. The first-order chi connectivity index (χ1) is 10.7. The Bertz CT molecular complexity index is 610. The van der Waals surface area contributed by atoms with Crippen LogP contribution in [0.1, 0.15) is 36.3 Å². The molecular weight excluding hydrogens is 291 g/mol. The summed E-state index contributed by atoms with van der Waals surface area (Å²) in [6, 6.07) is 0.252. The van der Waals surface area contributed by atoms with E-state index in [4.69, 9.17) is 4.74 Å². The van der Waals surface area contributed by atoms with E-state index in [1.165, 1.54) is 6.33 Å². The molecule has 0 radical (unpaired) electrons. The van der Waals surface area contributed by atoms with Gasteiger partial charge < -0.3 is 10.1 Å². The van der Waals surface area contributed by atoms with Crippen LogP contribution in [0.2, 0.25) is 0 Å². The molecule has 1 saturated carbocycles. The summed E-state index contributed by atoms with van der Waals surface area (Å²) in [6.07, 6.45) is 6.52. The number of aromatic nitrogens is 5. The summed E-state index contributed by atoms with van der Waals surface area (Å²) in [7, 11) is 0. The first kappa shape index (κ1) is 14.4. The van der Waals surface area contributed by atoms with Crippen molar-refractivity contribution < 1.29 is 13.9 Å². The number of ether oxygens (including phenoxy) is 1. The van der Waals surface area contributed by atoms with Crippen molar-refractivity contribution in [3.63, 3.8) is 0 Å². The molecule has 22 heavy (non-hydrogen) atoms. The standard InChI is InChI=1S/C13H15FN6O2/c14-8-5-15-13(16-6-8)22-10-3-1-9(2-4-10)19-12(21)11-17-7-18-20-11/h5-7,9-10H,1-4H2,(H,19,21)(H,17,18,20). The van der Waals surface area contributed by atoms with Gasteiger partial charge in [0.05, 0.1) is 12.4 Å². The first-order valence-electron chi connectivity index (χ1n) is 7.01. The Morgan fingerprint density at radius 1 is 1.23 bits per heavy atom. The molecule has 0 bridgehead atoms. The van der Waals surface area contributed by atoms with E-state index in [1.54, 1.807) is 0 Å². The summed E-state index contributed by atoms with van der Waals surface area (Å²) in [6.45, 7) is 0. The summed E-state index contributed by atoms with van der Waals surface area (Å²) < 4.78 is 18.3. The fourth-order valence-corrected chi connectivity index (χ4v) is 2.40. The fourth-order valence-electron chi connectivity index (χ4n) is 2.40. The Morgan fingerprint density at radius 2 is 1.95 bits per heavy atom. The van der Waals surface area contributed by atoms with Gasteiger partial charge in [0.25, 0.3) is 5.91 Å². The lowest BCUT2D eigenvalue weighted by atomic mass is 9.93. The third-order valence-corrected chi connectivity index (χ3v) is 3.51. The Morgan fingerprint density at radius 3 is 2.59 bits per heavy atom. The number of rotatable bonds is 4. The lowest BCUT2D eigenvalue weighted by molar-refractivity contribution is 0.0875. The van der Waals surface area contributed by atoms with E-state index in [0.717, 1.165) is 38.1 Å². The van der Waals surface area contributed by atoms with Crippen molar-refractivity contribution in [1.29, 1.82) is 0 Å². The highest BCUT2D eigenvalue weighted by Crippen LogP contribution is 2.22. The minimum absolute atomic E-state index is 0.0242. The Hall–Kier alpha value is -2.58. The second-order valence-electron chi connectivity index (χ2n) is 5.08. The highest BCUT2D eigenvalue weighted by molar-refractivity contribution is 5.90. The maximum absolute atomic E-state index is 12.7. The molecule has 2 heterocycles. The van der Waals surface area contributed by atoms with Crippen molar-refractivity contribution in [1.82, 2.24) is 30.5 Å². The molecule has 1 aliphatic rings. The molecule has 0 saturated heterocycles. The normalized spacial score (nSPS) is 21.3. The summed E-state index contributed by atoms with van der Waals surface area (Å²) in [4.78, 5) is 23.2. The van der Waals surface area contributed by atoms with E-state index in [1.807, 2.05) is 0 Å². The SMILES string of the molecule is O=C(NC1CCC(Oc2ncc(F)cn2)CC1)c1ncn[nH]1. The topological polar surface area (TPSA) is 106 Å². The van der Waals surface area contributed by atoms with Gasteiger partial charge in [-0.25, -0.2) is 19.3 Å². The van der Waals surface area contributed by atoms with Crippen molar-refractivity contribution in [2.45, 2.75) is 37.8 Å². The number of halogens is 1. The molecule has 9 heteroatoms. The van der Waals surface area contributed by atoms with Crippen LogP contribution in [-0.4, -0.2) is 43.2 Å². The zero-order chi connectivity index (χ0) is 15.4. The van der Waals surface area contributed by atoms with Crippen LogP contribution in [0.4, 0.5) is 4.39 Å². The van der Waals surface area contributed by atoms with Crippen LogP contribution in [0.15, 0.2) is 18.7 Å². The molecule has 2 aromatic rings. The van der Waals surface area contributed by atoms with Crippen LogP contribution < -0.4 is 10.1 Å². The predicted molar refractivity (Wildman–Crippen MR) is 72.5 cm³/mol. The van der Waals surface area contributed by atoms with Gasteiger partial charge in [-0.05, 0) is 25.7 Å². The minimum Gasteiger partial charge on any atom is -0.460 e. The van der Waals surface area contributed by atoms with Gasteiger partial charge in [-0.2, -0.15) is 5.10 Å². The number of hydrogen-bond donors (Lipinski definition) is 2. The molecule has 2 aromatic heterocycles. The summed E-state index contributed by atoms with van der Waals surface area (Å²) >= 11 is 0. The zero-order valence-electron chi connectivity index (χ0n) is 11.7. The van der Waals surface area contributed by atoms with Crippen LogP contribution in [-0.2, 0) is 0 Å². The molecule has 8 nitrogen and oxygen atoms in total. The van der Waals surface area contributed by atoms with E-state index >= 15 is 0 Å². The van der Waals surface area contributed by atoms with Crippen LogP contribution in [0.3, 0.4) is 0 Å². The van der Waals surface area contributed by atoms with E-state index < -0.39 is 5.82 Å². The molecule has 0 atom stereocenters. The van der Waals surface area contributed by atoms with E-state index in [0.29, 0.717) is 0 Å². The van der Waals surface area contributed by atoms with E-state index in [-0.39, 0.29) is 29.9 Å².